The number of carboxylic acid groups (broad SMARTS) is 1. The Morgan fingerprint density at radius 1 is 1.30 bits per heavy atom. The molecule has 0 atom stereocenters. The van der Waals surface area contributed by atoms with Crippen molar-refractivity contribution >= 4 is 17.7 Å². The van der Waals surface area contributed by atoms with Crippen molar-refractivity contribution in [3.63, 3.8) is 0 Å². The van der Waals surface area contributed by atoms with Crippen molar-refractivity contribution in [3.05, 3.63) is 18.2 Å². The lowest BCUT2D eigenvalue weighted by Crippen LogP contribution is -2.38. The van der Waals surface area contributed by atoms with Crippen LogP contribution in [0.3, 0.4) is 0 Å². The van der Waals surface area contributed by atoms with E-state index in [2.05, 4.69) is 5.32 Å². The Hall–Kier alpha value is -2.44. The summed E-state index contributed by atoms with van der Waals surface area (Å²) in [5.74, 6) is 0.145. The van der Waals surface area contributed by atoms with Gasteiger partial charge in [0.15, 0.2) is 11.5 Å². The largest absolute Gasteiger partial charge is 0.486 e. The number of urea groups is 1. The number of carbonyl (C=O) groups excluding carboxylic acids is 1. The van der Waals surface area contributed by atoms with E-state index in [1.165, 1.54) is 4.90 Å². The van der Waals surface area contributed by atoms with Gasteiger partial charge >= 0.3 is 12.0 Å². The number of nitrogens with zero attached hydrogens (tertiary/aromatic N) is 1. The van der Waals surface area contributed by atoms with Gasteiger partial charge in [0.25, 0.3) is 0 Å². The van der Waals surface area contributed by atoms with Crippen LogP contribution < -0.4 is 14.8 Å². The summed E-state index contributed by atoms with van der Waals surface area (Å²) in [7, 11) is 0. The van der Waals surface area contributed by atoms with Crippen molar-refractivity contribution in [1.82, 2.24) is 4.90 Å². The summed E-state index contributed by atoms with van der Waals surface area (Å²) >= 11 is 0. The van der Waals surface area contributed by atoms with Crippen LogP contribution in [0.2, 0.25) is 0 Å². The molecular formula is C13H16N2O5. The van der Waals surface area contributed by atoms with E-state index in [0.29, 0.717) is 36.9 Å². The third kappa shape index (κ3) is 3.31. The molecule has 0 unspecified atom stereocenters. The molecule has 0 saturated heterocycles. The van der Waals surface area contributed by atoms with Crippen LogP contribution in [0.4, 0.5) is 10.5 Å². The van der Waals surface area contributed by atoms with Crippen LogP contribution in [-0.2, 0) is 4.79 Å². The SMILES string of the molecule is CCN(CC(=O)O)C(=O)Nc1ccc2c(c1)OCCO2. The van der Waals surface area contributed by atoms with Gasteiger partial charge in [-0.05, 0) is 19.1 Å². The van der Waals surface area contributed by atoms with Gasteiger partial charge in [-0.2, -0.15) is 0 Å². The van der Waals surface area contributed by atoms with Gasteiger partial charge in [0, 0.05) is 18.3 Å². The summed E-state index contributed by atoms with van der Waals surface area (Å²) in [5.41, 5.74) is 0.531. The molecule has 2 amide bonds. The molecule has 0 spiro atoms. The first-order valence-corrected chi connectivity index (χ1v) is 6.27. The molecule has 7 nitrogen and oxygen atoms in total. The van der Waals surface area contributed by atoms with Crippen molar-refractivity contribution in [1.29, 1.82) is 0 Å². The number of rotatable bonds is 4. The minimum atomic E-state index is -1.05. The van der Waals surface area contributed by atoms with Crippen molar-refractivity contribution in [2.24, 2.45) is 0 Å². The second-order valence-electron chi connectivity index (χ2n) is 4.20. The fraction of sp³-hybridized carbons (Fsp3) is 0.385. The molecule has 0 fully saturated rings. The van der Waals surface area contributed by atoms with Gasteiger partial charge in [0.05, 0.1) is 0 Å². The number of ether oxygens (including phenoxy) is 2. The highest BCUT2D eigenvalue weighted by Gasteiger charge is 2.17. The zero-order chi connectivity index (χ0) is 14.5. The standard InChI is InChI=1S/C13H16N2O5/c1-2-15(8-12(16)17)13(18)14-9-3-4-10-11(7-9)20-6-5-19-10/h3-4,7H,2,5-6,8H2,1H3,(H,14,18)(H,16,17). The molecule has 108 valence electrons. The summed E-state index contributed by atoms with van der Waals surface area (Å²) in [5, 5.41) is 11.4. The van der Waals surface area contributed by atoms with E-state index in [0.717, 1.165) is 0 Å². The molecule has 1 aliphatic rings. The van der Waals surface area contributed by atoms with Gasteiger partial charge in [0.2, 0.25) is 0 Å². The summed E-state index contributed by atoms with van der Waals surface area (Å²) < 4.78 is 10.8. The Labute approximate surface area is 116 Å². The van der Waals surface area contributed by atoms with E-state index in [1.54, 1.807) is 25.1 Å². The van der Waals surface area contributed by atoms with Crippen molar-refractivity contribution < 1.29 is 24.2 Å². The minimum absolute atomic E-state index is 0.308. The van der Waals surface area contributed by atoms with Crippen LogP contribution >= 0.6 is 0 Å². The van der Waals surface area contributed by atoms with Crippen molar-refractivity contribution in [2.45, 2.75) is 6.92 Å². The summed E-state index contributed by atoms with van der Waals surface area (Å²) in [6.07, 6.45) is 0. The van der Waals surface area contributed by atoms with E-state index >= 15 is 0 Å². The quantitative estimate of drug-likeness (QED) is 0.870. The Bertz CT molecular complexity index is 517. The van der Waals surface area contributed by atoms with E-state index in [4.69, 9.17) is 14.6 Å². The number of hydrogen-bond donors (Lipinski definition) is 2. The Morgan fingerprint density at radius 2 is 2.00 bits per heavy atom. The van der Waals surface area contributed by atoms with Crippen LogP contribution in [-0.4, -0.2) is 48.3 Å². The smallest absolute Gasteiger partial charge is 0.323 e. The second-order valence-corrected chi connectivity index (χ2v) is 4.20. The van der Waals surface area contributed by atoms with E-state index in [1.807, 2.05) is 0 Å². The fourth-order valence-electron chi connectivity index (χ4n) is 1.81. The van der Waals surface area contributed by atoms with Gasteiger partial charge in [-0.25, -0.2) is 4.79 Å². The van der Waals surface area contributed by atoms with E-state index < -0.39 is 12.0 Å². The number of carbonyl (C=O) groups is 2. The summed E-state index contributed by atoms with van der Waals surface area (Å²) in [6.45, 7) is 2.65. The minimum Gasteiger partial charge on any atom is -0.486 e. The third-order valence-corrected chi connectivity index (χ3v) is 2.79. The topological polar surface area (TPSA) is 88.1 Å². The maximum atomic E-state index is 11.9. The number of benzene rings is 1. The monoisotopic (exact) mass is 280 g/mol. The van der Waals surface area contributed by atoms with Gasteiger partial charge in [0.1, 0.15) is 19.8 Å². The molecular weight excluding hydrogens is 264 g/mol. The summed E-state index contributed by atoms with van der Waals surface area (Å²) in [4.78, 5) is 23.8. The number of aliphatic carboxylic acids is 1. The van der Waals surface area contributed by atoms with Gasteiger partial charge in [-0.1, -0.05) is 0 Å². The van der Waals surface area contributed by atoms with Crippen LogP contribution in [0.5, 0.6) is 11.5 Å². The molecule has 0 radical (unpaired) electrons. The Kier molecular flexibility index (Phi) is 4.29. The first-order valence-electron chi connectivity index (χ1n) is 6.27. The number of amides is 2. The van der Waals surface area contributed by atoms with E-state index in [9.17, 15) is 9.59 Å². The number of carboxylic acids is 1. The van der Waals surface area contributed by atoms with Crippen LogP contribution in [0.1, 0.15) is 6.92 Å². The lowest BCUT2D eigenvalue weighted by Gasteiger charge is -2.21. The van der Waals surface area contributed by atoms with E-state index in [-0.39, 0.29) is 6.54 Å². The maximum absolute atomic E-state index is 11.9. The first kappa shape index (κ1) is 14.0. The zero-order valence-electron chi connectivity index (χ0n) is 11.1. The Balaban J connectivity index is 2.05. The number of hydrogen-bond acceptors (Lipinski definition) is 4. The predicted octanol–water partition coefficient (Wildman–Crippen LogP) is 1.40. The molecule has 1 aromatic rings. The molecule has 0 bridgehead atoms. The molecule has 0 aromatic heterocycles. The number of nitrogens with one attached hydrogen (secondary N) is 1. The molecule has 20 heavy (non-hydrogen) atoms. The fourth-order valence-corrected chi connectivity index (χ4v) is 1.81. The van der Waals surface area contributed by atoms with Crippen LogP contribution in [0.15, 0.2) is 18.2 Å². The Morgan fingerprint density at radius 3 is 2.65 bits per heavy atom. The van der Waals surface area contributed by atoms with Crippen LogP contribution in [0, 0.1) is 0 Å². The van der Waals surface area contributed by atoms with Crippen LogP contribution in [0.25, 0.3) is 0 Å². The molecule has 1 aromatic carbocycles. The average molecular weight is 280 g/mol. The van der Waals surface area contributed by atoms with Crippen molar-refractivity contribution in [2.75, 3.05) is 31.6 Å². The summed E-state index contributed by atoms with van der Waals surface area (Å²) in [6, 6.07) is 4.57. The van der Waals surface area contributed by atoms with Gasteiger partial charge < -0.3 is 24.8 Å². The van der Waals surface area contributed by atoms with Gasteiger partial charge in [-0.15, -0.1) is 0 Å². The molecule has 7 heteroatoms. The highest BCUT2D eigenvalue weighted by atomic mass is 16.6. The molecule has 1 aliphatic heterocycles. The first-order chi connectivity index (χ1) is 9.60. The molecule has 0 saturated carbocycles. The highest BCUT2D eigenvalue weighted by Crippen LogP contribution is 2.32. The predicted molar refractivity (Wildman–Crippen MR) is 71.3 cm³/mol. The normalized spacial score (nSPS) is 12.7. The van der Waals surface area contributed by atoms with Crippen molar-refractivity contribution in [3.8, 4) is 11.5 Å². The zero-order valence-corrected chi connectivity index (χ0v) is 11.1. The molecule has 2 N–H and O–H groups in total. The highest BCUT2D eigenvalue weighted by molar-refractivity contribution is 5.91. The molecule has 1 heterocycles. The molecule has 2 rings (SSSR count). The number of anilines is 1. The second kappa shape index (κ2) is 6.14. The number of fused-ring (bicyclic) bond motifs is 1. The number of likely N-dealkylation sites (N-methyl/N-ethyl adjacent to an activating group) is 1. The van der Waals surface area contributed by atoms with Gasteiger partial charge in [-0.3, -0.25) is 4.79 Å². The third-order valence-electron chi connectivity index (χ3n) is 2.79. The lowest BCUT2D eigenvalue weighted by atomic mass is 10.2. The average Bonchev–Trinajstić information content (AvgIpc) is 2.44. The molecule has 0 aliphatic carbocycles. The maximum Gasteiger partial charge on any atom is 0.323 e. The lowest BCUT2D eigenvalue weighted by molar-refractivity contribution is -0.137.